The van der Waals surface area contributed by atoms with Gasteiger partial charge in [-0.05, 0) is 25.3 Å². The van der Waals surface area contributed by atoms with Crippen LogP contribution >= 0.6 is 12.4 Å². The van der Waals surface area contributed by atoms with Crippen molar-refractivity contribution in [2.24, 2.45) is 17.1 Å². The molecule has 2 fully saturated rings. The lowest BCUT2D eigenvalue weighted by Crippen LogP contribution is -2.49. The van der Waals surface area contributed by atoms with Gasteiger partial charge in [-0.3, -0.25) is 9.59 Å². The molecule has 2 rings (SSSR count). The van der Waals surface area contributed by atoms with Crippen LogP contribution in [0.3, 0.4) is 0 Å². The minimum atomic E-state index is -0.483. The van der Waals surface area contributed by atoms with E-state index in [9.17, 15) is 9.59 Å². The van der Waals surface area contributed by atoms with Crippen LogP contribution in [0.5, 0.6) is 0 Å². The summed E-state index contributed by atoms with van der Waals surface area (Å²) in [6.45, 7) is 1.61. The van der Waals surface area contributed by atoms with Crippen molar-refractivity contribution in [3.8, 4) is 0 Å². The highest BCUT2D eigenvalue weighted by molar-refractivity contribution is 5.88. The first-order valence-corrected chi connectivity index (χ1v) is 5.92. The molecule has 0 unspecified atom stereocenters. The second kappa shape index (κ2) is 5.69. The topological polar surface area (TPSA) is 84.2 Å². The molecule has 2 atom stereocenters. The summed E-state index contributed by atoms with van der Waals surface area (Å²) in [6, 6.07) is 0. The average molecular weight is 262 g/mol. The standard InChI is InChI=1S/C11H19N3O2.ClH/c12-9(15)6-14-10(16)11-4-2-1-3-8(11)5-13-7-11;/h8,13H,1-7H2,(H2,12,15)(H,14,16);1H/t8-,11+;/m0./s1. The first kappa shape index (κ1) is 14.3. The van der Waals surface area contributed by atoms with Crippen molar-refractivity contribution in [3.63, 3.8) is 0 Å². The predicted molar refractivity (Wildman–Crippen MR) is 66.7 cm³/mol. The van der Waals surface area contributed by atoms with Crippen LogP contribution in [0.4, 0.5) is 0 Å². The lowest BCUT2D eigenvalue weighted by Gasteiger charge is -2.36. The summed E-state index contributed by atoms with van der Waals surface area (Å²) < 4.78 is 0. The van der Waals surface area contributed by atoms with Crippen molar-refractivity contribution in [3.05, 3.63) is 0 Å². The average Bonchev–Trinajstić information content (AvgIpc) is 2.70. The van der Waals surface area contributed by atoms with Gasteiger partial charge < -0.3 is 16.4 Å². The molecule has 0 aromatic carbocycles. The third-order valence-corrected chi connectivity index (χ3v) is 3.91. The Bertz CT molecular complexity index is 311. The molecule has 0 bridgehead atoms. The maximum Gasteiger partial charge on any atom is 0.236 e. The van der Waals surface area contributed by atoms with Crippen LogP contribution in [-0.4, -0.2) is 31.4 Å². The zero-order valence-corrected chi connectivity index (χ0v) is 10.6. The SMILES string of the molecule is Cl.NC(=O)CNC(=O)[C@@]12CCCC[C@H]1CNC2. The Balaban J connectivity index is 0.00000144. The van der Waals surface area contributed by atoms with Crippen molar-refractivity contribution in [1.82, 2.24) is 10.6 Å². The molecule has 1 saturated carbocycles. The molecule has 4 N–H and O–H groups in total. The fourth-order valence-corrected chi connectivity index (χ4v) is 3.03. The largest absolute Gasteiger partial charge is 0.368 e. The third-order valence-electron chi connectivity index (χ3n) is 3.91. The van der Waals surface area contributed by atoms with Gasteiger partial charge in [0.2, 0.25) is 11.8 Å². The third kappa shape index (κ3) is 2.72. The van der Waals surface area contributed by atoms with E-state index in [1.54, 1.807) is 0 Å². The molecule has 0 aromatic heterocycles. The molecule has 0 radical (unpaired) electrons. The van der Waals surface area contributed by atoms with Crippen molar-refractivity contribution in [1.29, 1.82) is 0 Å². The zero-order valence-electron chi connectivity index (χ0n) is 9.83. The first-order valence-electron chi connectivity index (χ1n) is 5.92. The molecule has 5 nitrogen and oxygen atoms in total. The summed E-state index contributed by atoms with van der Waals surface area (Å²) >= 11 is 0. The molecule has 1 heterocycles. The summed E-state index contributed by atoms with van der Waals surface area (Å²) in [6.07, 6.45) is 4.34. The van der Waals surface area contributed by atoms with E-state index in [1.807, 2.05) is 0 Å². The molecule has 2 amide bonds. The predicted octanol–water partition coefficient (Wildman–Crippen LogP) is -0.211. The Hall–Kier alpha value is -0.810. The molecule has 98 valence electrons. The van der Waals surface area contributed by atoms with Crippen molar-refractivity contribution in [2.45, 2.75) is 25.7 Å². The molecule has 17 heavy (non-hydrogen) atoms. The van der Waals surface area contributed by atoms with Gasteiger partial charge >= 0.3 is 0 Å². The van der Waals surface area contributed by atoms with Gasteiger partial charge in [-0.25, -0.2) is 0 Å². The molecule has 6 heteroatoms. The maximum atomic E-state index is 12.1. The Labute approximate surface area is 107 Å². The van der Waals surface area contributed by atoms with Crippen LogP contribution in [0.25, 0.3) is 0 Å². The summed E-state index contributed by atoms with van der Waals surface area (Å²) in [7, 11) is 0. The monoisotopic (exact) mass is 261 g/mol. The van der Waals surface area contributed by atoms with Crippen molar-refractivity contribution < 1.29 is 9.59 Å². The number of carbonyl (C=O) groups excluding carboxylic acids is 2. The normalized spacial score (nSPS) is 31.2. The van der Waals surface area contributed by atoms with E-state index in [1.165, 1.54) is 6.42 Å². The molecule has 1 aliphatic carbocycles. The van der Waals surface area contributed by atoms with Crippen LogP contribution in [0.1, 0.15) is 25.7 Å². The number of carbonyl (C=O) groups is 2. The highest BCUT2D eigenvalue weighted by Gasteiger charge is 2.49. The van der Waals surface area contributed by atoms with Gasteiger partial charge in [0.15, 0.2) is 0 Å². The number of primary amides is 1. The van der Waals surface area contributed by atoms with Gasteiger partial charge in [-0.1, -0.05) is 12.8 Å². The molecule has 0 aromatic rings. The number of hydrogen-bond acceptors (Lipinski definition) is 3. The molecule has 2 aliphatic rings. The second-order valence-electron chi connectivity index (χ2n) is 4.88. The number of amides is 2. The number of rotatable bonds is 3. The van der Waals surface area contributed by atoms with Gasteiger partial charge in [0.1, 0.15) is 0 Å². The Kier molecular flexibility index (Phi) is 4.77. The van der Waals surface area contributed by atoms with Crippen molar-refractivity contribution >= 4 is 24.2 Å². The number of fused-ring (bicyclic) bond motifs is 1. The minimum Gasteiger partial charge on any atom is -0.368 e. The number of nitrogens with one attached hydrogen (secondary N) is 2. The van der Waals surface area contributed by atoms with Gasteiger partial charge in [0, 0.05) is 6.54 Å². The molecule has 1 aliphatic heterocycles. The quantitative estimate of drug-likeness (QED) is 0.657. The first-order chi connectivity index (χ1) is 7.65. The van der Waals surface area contributed by atoms with Gasteiger partial charge in [0.05, 0.1) is 12.0 Å². The lowest BCUT2D eigenvalue weighted by molar-refractivity contribution is -0.135. The van der Waals surface area contributed by atoms with Gasteiger partial charge in [0.25, 0.3) is 0 Å². The van der Waals surface area contributed by atoms with Crippen LogP contribution in [0.15, 0.2) is 0 Å². The molecular weight excluding hydrogens is 242 g/mol. The van der Waals surface area contributed by atoms with Crippen LogP contribution in [-0.2, 0) is 9.59 Å². The number of nitrogens with two attached hydrogens (primary N) is 1. The smallest absolute Gasteiger partial charge is 0.236 e. The molecular formula is C11H20ClN3O2. The molecule has 0 spiro atoms. The lowest BCUT2D eigenvalue weighted by atomic mass is 9.67. The van der Waals surface area contributed by atoms with E-state index in [2.05, 4.69) is 10.6 Å². The summed E-state index contributed by atoms with van der Waals surface area (Å²) in [4.78, 5) is 22.8. The van der Waals surface area contributed by atoms with E-state index >= 15 is 0 Å². The summed E-state index contributed by atoms with van der Waals surface area (Å²) in [5, 5.41) is 5.96. The molecule has 1 saturated heterocycles. The van der Waals surface area contributed by atoms with Crippen LogP contribution in [0.2, 0.25) is 0 Å². The van der Waals surface area contributed by atoms with Crippen molar-refractivity contribution in [2.75, 3.05) is 19.6 Å². The maximum absolute atomic E-state index is 12.1. The van der Waals surface area contributed by atoms with E-state index in [-0.39, 0.29) is 30.3 Å². The number of halogens is 1. The van der Waals surface area contributed by atoms with E-state index in [4.69, 9.17) is 5.73 Å². The minimum absolute atomic E-state index is 0. The Morgan fingerprint density at radius 2 is 2.18 bits per heavy atom. The van der Waals surface area contributed by atoms with Gasteiger partial charge in [-0.2, -0.15) is 0 Å². The summed E-state index contributed by atoms with van der Waals surface area (Å²) in [5.74, 6) is -0.0572. The number of hydrogen-bond donors (Lipinski definition) is 3. The van der Waals surface area contributed by atoms with E-state index in [0.29, 0.717) is 5.92 Å². The second-order valence-corrected chi connectivity index (χ2v) is 4.88. The van der Waals surface area contributed by atoms with Gasteiger partial charge in [-0.15, -0.1) is 12.4 Å². The Morgan fingerprint density at radius 1 is 1.41 bits per heavy atom. The van der Waals surface area contributed by atoms with E-state index in [0.717, 1.165) is 32.4 Å². The Morgan fingerprint density at radius 3 is 2.88 bits per heavy atom. The van der Waals surface area contributed by atoms with Crippen LogP contribution in [0, 0.1) is 11.3 Å². The van der Waals surface area contributed by atoms with E-state index < -0.39 is 5.91 Å². The summed E-state index contributed by atoms with van der Waals surface area (Å²) in [5.41, 5.74) is 4.75. The fourth-order valence-electron chi connectivity index (χ4n) is 3.03. The van der Waals surface area contributed by atoms with Crippen LogP contribution < -0.4 is 16.4 Å². The highest BCUT2D eigenvalue weighted by atomic mass is 35.5. The zero-order chi connectivity index (χ0) is 11.6. The fraction of sp³-hybridized carbons (Fsp3) is 0.818. The highest BCUT2D eigenvalue weighted by Crippen LogP contribution is 2.43.